The molecule has 16 nitrogen and oxygen atoms in total. The molecule has 0 aliphatic heterocycles. The van der Waals surface area contributed by atoms with Gasteiger partial charge in [0, 0.05) is 31.9 Å². The van der Waals surface area contributed by atoms with Gasteiger partial charge in [0.25, 0.3) is 0 Å². The van der Waals surface area contributed by atoms with Crippen molar-refractivity contribution in [3.05, 3.63) is 0 Å². The maximum atomic E-state index is 13.3. The van der Waals surface area contributed by atoms with Crippen LogP contribution in [0.25, 0.3) is 0 Å². The fourth-order valence-electron chi connectivity index (χ4n) is 4.13. The highest BCUT2D eigenvalue weighted by molar-refractivity contribution is 5.95. The van der Waals surface area contributed by atoms with Crippen molar-refractivity contribution in [3.63, 3.8) is 0 Å². The number of ketones is 1. The maximum Gasteiger partial charge on any atom is 0.312 e. The summed E-state index contributed by atoms with van der Waals surface area (Å²) in [5.41, 5.74) is 5.08. The van der Waals surface area contributed by atoms with Crippen LogP contribution in [0, 0.1) is 11.8 Å². The lowest BCUT2D eigenvalue weighted by Gasteiger charge is -2.27. The fourth-order valence-corrected chi connectivity index (χ4v) is 4.13. The Morgan fingerprint density at radius 1 is 0.681 bits per heavy atom. The van der Waals surface area contributed by atoms with E-state index in [0.29, 0.717) is 46.1 Å². The van der Waals surface area contributed by atoms with Crippen LogP contribution < -0.4 is 27.0 Å². The third-order valence-corrected chi connectivity index (χ3v) is 6.68. The molecule has 0 spiro atoms. The minimum Gasteiger partial charge on any atom is -0.481 e. The Kier molecular flexibility index (Phi) is 24.8. The van der Waals surface area contributed by atoms with Gasteiger partial charge in [-0.1, -0.05) is 34.6 Å². The van der Waals surface area contributed by atoms with E-state index in [1.54, 1.807) is 27.7 Å². The largest absolute Gasteiger partial charge is 0.481 e. The molecule has 5 amide bonds. The van der Waals surface area contributed by atoms with E-state index in [1.165, 1.54) is 0 Å². The maximum absolute atomic E-state index is 13.3. The van der Waals surface area contributed by atoms with Gasteiger partial charge in [-0.2, -0.15) is 0 Å². The summed E-state index contributed by atoms with van der Waals surface area (Å²) >= 11 is 0. The molecule has 0 saturated carbocycles. The molecule has 272 valence electrons. The molecule has 0 aliphatic carbocycles. The highest BCUT2D eigenvalue weighted by atomic mass is 16.6. The molecule has 3 atom stereocenters. The Hall–Kier alpha value is -3.34. The number of amides is 5. The zero-order valence-corrected chi connectivity index (χ0v) is 28.6. The molecule has 0 aromatic rings. The molecule has 0 aromatic heterocycles. The van der Waals surface area contributed by atoms with Crippen molar-refractivity contribution in [2.24, 2.45) is 17.6 Å². The van der Waals surface area contributed by atoms with Gasteiger partial charge in [0.1, 0.15) is 12.1 Å². The minimum atomic E-state index is -1.23. The third-order valence-electron chi connectivity index (χ3n) is 6.68. The zero-order valence-electron chi connectivity index (χ0n) is 28.6. The van der Waals surface area contributed by atoms with Crippen molar-refractivity contribution in [2.45, 2.75) is 91.3 Å². The second-order valence-electron chi connectivity index (χ2n) is 11.5. The van der Waals surface area contributed by atoms with E-state index >= 15 is 0 Å². The second kappa shape index (κ2) is 26.7. The number of hydrogen-bond acceptors (Lipinski definition) is 10. The summed E-state index contributed by atoms with van der Waals surface area (Å²) in [6.45, 7) is 12.2. The number of hydrogen-bond donors (Lipinski definition) is 6. The third kappa shape index (κ3) is 22.8. The van der Waals surface area contributed by atoms with Crippen LogP contribution in [0.5, 0.6) is 0 Å². The molecule has 0 radical (unpaired) electrons. The van der Waals surface area contributed by atoms with Crippen molar-refractivity contribution >= 4 is 35.5 Å². The van der Waals surface area contributed by atoms with E-state index < -0.39 is 60.2 Å². The molecule has 0 aliphatic rings. The van der Waals surface area contributed by atoms with Crippen LogP contribution in [-0.2, 0) is 42.9 Å². The lowest BCUT2D eigenvalue weighted by molar-refractivity contribution is -0.138. The van der Waals surface area contributed by atoms with Crippen LogP contribution in [0.1, 0.15) is 73.1 Å². The molecular weight excluding hydrogens is 618 g/mol. The molecule has 0 saturated heterocycles. The van der Waals surface area contributed by atoms with Gasteiger partial charge in [-0.3, -0.25) is 24.0 Å². The number of carbonyl (C=O) groups is 6. The summed E-state index contributed by atoms with van der Waals surface area (Å²) in [6.07, 6.45) is 0.866. The number of urea groups is 1. The first kappa shape index (κ1) is 43.7. The molecule has 7 N–H and O–H groups in total. The van der Waals surface area contributed by atoms with Gasteiger partial charge in [-0.05, 0) is 31.6 Å². The summed E-state index contributed by atoms with van der Waals surface area (Å²) < 4.78 is 21.5. The first-order valence-electron chi connectivity index (χ1n) is 16.3. The first-order valence-corrected chi connectivity index (χ1v) is 16.3. The number of nitrogens with two attached hydrogens (primary N) is 1. The van der Waals surface area contributed by atoms with Crippen LogP contribution in [0.2, 0.25) is 0 Å². The Labute approximate surface area is 277 Å². The predicted molar refractivity (Wildman–Crippen MR) is 172 cm³/mol. The number of carboxylic acids is 1. The normalized spacial score (nSPS) is 13.1. The molecule has 3 unspecified atom stereocenters. The number of carbonyl (C=O) groups excluding carboxylic acids is 5. The quantitative estimate of drug-likeness (QED) is 0.0598. The minimum absolute atomic E-state index is 0.0466. The SMILES string of the molecule is CCCOCCOCCOCCOCCC(=O)NC(CCC(=O)O)C(=O)NC(C(=O)NC(CCCNC(N)=O)C(=O)C(C)C)C(C)C. The van der Waals surface area contributed by atoms with E-state index in [-0.39, 0.29) is 50.7 Å². The van der Waals surface area contributed by atoms with Gasteiger partial charge in [-0.25, -0.2) is 4.79 Å². The van der Waals surface area contributed by atoms with Crippen molar-refractivity contribution in [3.8, 4) is 0 Å². The monoisotopic (exact) mass is 675 g/mol. The van der Waals surface area contributed by atoms with E-state index in [1.807, 2.05) is 6.92 Å². The van der Waals surface area contributed by atoms with E-state index in [0.717, 1.165) is 6.42 Å². The van der Waals surface area contributed by atoms with Gasteiger partial charge >= 0.3 is 12.0 Å². The average Bonchev–Trinajstić information content (AvgIpc) is 3.00. The molecule has 16 heteroatoms. The summed E-state index contributed by atoms with van der Waals surface area (Å²) in [7, 11) is 0. The molecule has 0 aromatic carbocycles. The van der Waals surface area contributed by atoms with Crippen molar-refractivity contribution in [2.75, 3.05) is 59.4 Å². The predicted octanol–water partition coefficient (Wildman–Crippen LogP) is 0.502. The summed E-state index contributed by atoms with van der Waals surface area (Å²) in [5.74, 6) is -4.06. The number of nitrogens with one attached hydrogen (secondary N) is 4. The molecule has 0 heterocycles. The number of ether oxygens (including phenoxy) is 4. The molecule has 0 fully saturated rings. The van der Waals surface area contributed by atoms with E-state index in [9.17, 15) is 33.9 Å². The molecule has 0 bridgehead atoms. The first-order chi connectivity index (χ1) is 22.3. The standard InChI is InChI=1S/C31H57N5O11/c1-6-13-44-15-17-46-19-20-47-18-16-45-14-11-25(37)34-24(9-10-26(38)39)29(41)36-27(21(2)3)30(42)35-23(28(40)22(4)5)8-7-12-33-31(32)43/h21-24,27H,6-20H2,1-5H3,(H,34,37)(H,35,42)(H,36,41)(H,38,39)(H3,32,33,43). The van der Waals surface area contributed by atoms with Crippen LogP contribution >= 0.6 is 0 Å². The highest BCUT2D eigenvalue weighted by Gasteiger charge is 2.32. The number of Topliss-reactive ketones (excluding diaryl/α,β-unsaturated/α-hetero) is 1. The van der Waals surface area contributed by atoms with Gasteiger partial charge in [0.2, 0.25) is 17.7 Å². The van der Waals surface area contributed by atoms with Crippen LogP contribution in [0.15, 0.2) is 0 Å². The molecule has 0 rings (SSSR count). The highest BCUT2D eigenvalue weighted by Crippen LogP contribution is 2.10. The Morgan fingerprint density at radius 3 is 1.72 bits per heavy atom. The van der Waals surface area contributed by atoms with E-state index in [4.69, 9.17) is 24.7 Å². The summed E-state index contributed by atoms with van der Waals surface area (Å²) in [6, 6.07) is -3.88. The van der Waals surface area contributed by atoms with Crippen LogP contribution in [-0.4, -0.2) is 118 Å². The number of carboxylic acid groups (broad SMARTS) is 1. The van der Waals surface area contributed by atoms with Gasteiger partial charge in [0.05, 0.1) is 52.3 Å². The van der Waals surface area contributed by atoms with Gasteiger partial charge in [0.15, 0.2) is 5.78 Å². The van der Waals surface area contributed by atoms with Crippen molar-refractivity contribution in [1.29, 1.82) is 0 Å². The van der Waals surface area contributed by atoms with Gasteiger partial charge in [-0.15, -0.1) is 0 Å². The average molecular weight is 676 g/mol. The topological polar surface area (TPSA) is 234 Å². The number of aliphatic carboxylic acids is 1. The Balaban J connectivity index is 4.95. The number of rotatable bonds is 29. The van der Waals surface area contributed by atoms with E-state index in [2.05, 4.69) is 21.3 Å². The zero-order chi connectivity index (χ0) is 35.6. The summed E-state index contributed by atoms with van der Waals surface area (Å²) in [5, 5.41) is 19.5. The molecular formula is C31H57N5O11. The number of primary amides is 1. The Bertz CT molecular complexity index is 949. The second-order valence-corrected chi connectivity index (χ2v) is 11.5. The lowest BCUT2D eigenvalue weighted by atomic mass is 9.96. The molecule has 47 heavy (non-hydrogen) atoms. The van der Waals surface area contributed by atoms with Crippen LogP contribution in [0.4, 0.5) is 4.79 Å². The van der Waals surface area contributed by atoms with Crippen molar-refractivity contribution < 1.29 is 52.8 Å². The fraction of sp³-hybridized carbons (Fsp3) is 0.806. The summed E-state index contributed by atoms with van der Waals surface area (Å²) in [4.78, 5) is 74.0. The van der Waals surface area contributed by atoms with Crippen LogP contribution in [0.3, 0.4) is 0 Å². The van der Waals surface area contributed by atoms with Gasteiger partial charge < -0.3 is 51.1 Å². The smallest absolute Gasteiger partial charge is 0.312 e. The van der Waals surface area contributed by atoms with Crippen molar-refractivity contribution in [1.82, 2.24) is 21.3 Å². The lowest BCUT2D eigenvalue weighted by Crippen LogP contribution is -2.57. The Morgan fingerprint density at radius 2 is 1.23 bits per heavy atom.